The lowest BCUT2D eigenvalue weighted by Crippen LogP contribution is -2.39. The molecule has 0 aromatic heterocycles. The summed E-state index contributed by atoms with van der Waals surface area (Å²) in [6.45, 7) is 9.53. The molecular weight excluding hydrogens is 194 g/mol. The van der Waals surface area contributed by atoms with Crippen LogP contribution in [0.3, 0.4) is 0 Å². The molecule has 0 aliphatic heterocycles. The monoisotopic (exact) mass is 225 g/mol. The van der Waals surface area contributed by atoms with Gasteiger partial charge in [0.2, 0.25) is 0 Å². The summed E-state index contributed by atoms with van der Waals surface area (Å²) in [6, 6.07) is 0. The second-order valence-electron chi connectivity index (χ2n) is 5.92. The Morgan fingerprint density at radius 1 is 1.06 bits per heavy atom. The molecule has 1 aliphatic rings. The fourth-order valence-corrected chi connectivity index (χ4v) is 3.36. The second-order valence-corrected chi connectivity index (χ2v) is 5.92. The van der Waals surface area contributed by atoms with Gasteiger partial charge in [0.15, 0.2) is 0 Å². The van der Waals surface area contributed by atoms with Crippen LogP contribution < -0.4 is 5.32 Å². The van der Waals surface area contributed by atoms with Crippen LogP contribution >= 0.6 is 0 Å². The Hall–Kier alpha value is -0.0400. The summed E-state index contributed by atoms with van der Waals surface area (Å²) in [7, 11) is 0. The Bertz CT molecular complexity index is 172. The maximum absolute atomic E-state index is 3.66. The van der Waals surface area contributed by atoms with Crippen molar-refractivity contribution in [2.24, 2.45) is 11.3 Å². The minimum atomic E-state index is 0.560. The van der Waals surface area contributed by atoms with Crippen LogP contribution in [0.5, 0.6) is 0 Å². The van der Waals surface area contributed by atoms with Gasteiger partial charge in [-0.05, 0) is 43.6 Å². The highest BCUT2D eigenvalue weighted by atomic mass is 14.9. The topological polar surface area (TPSA) is 12.0 Å². The lowest BCUT2D eigenvalue weighted by Gasteiger charge is -2.40. The van der Waals surface area contributed by atoms with Crippen LogP contribution in [0.25, 0.3) is 0 Å². The lowest BCUT2D eigenvalue weighted by atomic mass is 9.67. The van der Waals surface area contributed by atoms with Gasteiger partial charge in [0.05, 0.1) is 0 Å². The van der Waals surface area contributed by atoms with Crippen LogP contribution in [0.4, 0.5) is 0 Å². The first-order chi connectivity index (χ1) is 7.73. The molecule has 0 amide bonds. The molecular formula is C15H31N. The van der Waals surface area contributed by atoms with Gasteiger partial charge in [-0.2, -0.15) is 0 Å². The maximum atomic E-state index is 3.66. The van der Waals surface area contributed by atoms with E-state index < -0.39 is 0 Å². The maximum Gasteiger partial charge on any atom is 0.000781 e. The molecule has 0 aromatic carbocycles. The minimum absolute atomic E-state index is 0.560. The molecule has 1 unspecified atom stereocenters. The molecule has 0 spiro atoms. The van der Waals surface area contributed by atoms with Crippen LogP contribution in [0, 0.1) is 11.3 Å². The number of hydrogen-bond donors (Lipinski definition) is 1. The van der Waals surface area contributed by atoms with E-state index in [4.69, 9.17) is 0 Å². The summed E-state index contributed by atoms with van der Waals surface area (Å²) in [4.78, 5) is 0. The molecule has 1 saturated carbocycles. The fourth-order valence-electron chi connectivity index (χ4n) is 3.36. The Morgan fingerprint density at radius 2 is 1.75 bits per heavy atom. The van der Waals surface area contributed by atoms with Crippen molar-refractivity contribution in [3.8, 4) is 0 Å². The predicted molar refractivity (Wildman–Crippen MR) is 72.8 cm³/mol. The van der Waals surface area contributed by atoms with E-state index >= 15 is 0 Å². The average molecular weight is 225 g/mol. The van der Waals surface area contributed by atoms with Crippen LogP contribution in [0.2, 0.25) is 0 Å². The van der Waals surface area contributed by atoms with Crippen molar-refractivity contribution in [1.29, 1.82) is 0 Å². The standard InChI is InChI=1S/C15H31N/c1-4-11-15(3,13-16-12-5-2)14-9-7-6-8-10-14/h14,16H,4-13H2,1-3H3. The third kappa shape index (κ3) is 4.08. The van der Waals surface area contributed by atoms with Gasteiger partial charge in [0, 0.05) is 6.54 Å². The largest absolute Gasteiger partial charge is 0.316 e. The Labute approximate surface area is 102 Å². The van der Waals surface area contributed by atoms with Crippen molar-refractivity contribution in [2.45, 2.75) is 72.1 Å². The molecule has 0 radical (unpaired) electrons. The van der Waals surface area contributed by atoms with Gasteiger partial charge in [-0.3, -0.25) is 0 Å². The molecule has 16 heavy (non-hydrogen) atoms. The van der Waals surface area contributed by atoms with E-state index in [-0.39, 0.29) is 0 Å². The average Bonchev–Trinajstić information content (AvgIpc) is 2.31. The molecule has 96 valence electrons. The Balaban J connectivity index is 2.47. The van der Waals surface area contributed by atoms with Crippen LogP contribution in [0.1, 0.15) is 72.1 Å². The van der Waals surface area contributed by atoms with Crippen molar-refractivity contribution < 1.29 is 0 Å². The summed E-state index contributed by atoms with van der Waals surface area (Å²) in [5.41, 5.74) is 0.560. The van der Waals surface area contributed by atoms with Crippen LogP contribution in [-0.2, 0) is 0 Å². The van der Waals surface area contributed by atoms with Gasteiger partial charge >= 0.3 is 0 Å². The van der Waals surface area contributed by atoms with Crippen molar-refractivity contribution in [1.82, 2.24) is 5.32 Å². The quantitative estimate of drug-likeness (QED) is 0.634. The van der Waals surface area contributed by atoms with E-state index in [9.17, 15) is 0 Å². The summed E-state index contributed by atoms with van der Waals surface area (Å²) >= 11 is 0. The van der Waals surface area contributed by atoms with Gasteiger partial charge in [-0.15, -0.1) is 0 Å². The summed E-state index contributed by atoms with van der Waals surface area (Å²) in [6.07, 6.45) is 11.4. The highest BCUT2D eigenvalue weighted by Gasteiger charge is 2.33. The second kappa shape index (κ2) is 7.32. The van der Waals surface area contributed by atoms with Crippen molar-refractivity contribution in [2.75, 3.05) is 13.1 Å². The molecule has 1 fully saturated rings. The number of rotatable bonds is 7. The van der Waals surface area contributed by atoms with Crippen LogP contribution in [0.15, 0.2) is 0 Å². The zero-order valence-electron chi connectivity index (χ0n) is 11.6. The molecule has 1 rings (SSSR count). The lowest BCUT2D eigenvalue weighted by molar-refractivity contribution is 0.121. The molecule has 0 bridgehead atoms. The molecule has 1 atom stereocenters. The summed E-state index contributed by atoms with van der Waals surface area (Å²) < 4.78 is 0. The number of nitrogens with one attached hydrogen (secondary N) is 1. The van der Waals surface area contributed by atoms with Crippen LogP contribution in [-0.4, -0.2) is 13.1 Å². The molecule has 1 N–H and O–H groups in total. The Morgan fingerprint density at radius 3 is 2.31 bits per heavy atom. The summed E-state index contributed by atoms with van der Waals surface area (Å²) in [5, 5.41) is 3.66. The zero-order valence-corrected chi connectivity index (χ0v) is 11.6. The molecule has 0 saturated heterocycles. The van der Waals surface area contributed by atoms with E-state index in [0.717, 1.165) is 5.92 Å². The van der Waals surface area contributed by atoms with Gasteiger partial charge < -0.3 is 5.32 Å². The molecule has 0 aromatic rings. The van der Waals surface area contributed by atoms with Crippen molar-refractivity contribution in [3.63, 3.8) is 0 Å². The Kier molecular flexibility index (Phi) is 6.41. The SMILES string of the molecule is CCCNCC(C)(CCC)C1CCCCC1. The van der Waals surface area contributed by atoms with Crippen molar-refractivity contribution in [3.05, 3.63) is 0 Å². The fraction of sp³-hybridized carbons (Fsp3) is 1.00. The molecule has 0 heterocycles. The molecule has 1 nitrogen and oxygen atoms in total. The number of hydrogen-bond acceptors (Lipinski definition) is 1. The predicted octanol–water partition coefficient (Wildman–Crippen LogP) is 4.37. The minimum Gasteiger partial charge on any atom is -0.316 e. The molecule has 1 aliphatic carbocycles. The zero-order chi connectivity index (χ0) is 11.9. The first-order valence-electron chi connectivity index (χ1n) is 7.43. The van der Waals surface area contributed by atoms with Gasteiger partial charge in [-0.1, -0.05) is 46.5 Å². The van der Waals surface area contributed by atoms with E-state index in [0.29, 0.717) is 5.41 Å². The van der Waals surface area contributed by atoms with E-state index in [1.807, 2.05) is 0 Å². The van der Waals surface area contributed by atoms with Gasteiger partial charge in [-0.25, -0.2) is 0 Å². The first-order valence-corrected chi connectivity index (χ1v) is 7.43. The molecule has 1 heteroatoms. The smallest absolute Gasteiger partial charge is 0.000781 e. The highest BCUT2D eigenvalue weighted by Crippen LogP contribution is 2.41. The third-order valence-corrected chi connectivity index (χ3v) is 4.37. The van der Waals surface area contributed by atoms with E-state index in [1.54, 1.807) is 0 Å². The van der Waals surface area contributed by atoms with Crippen molar-refractivity contribution >= 4 is 0 Å². The first kappa shape index (κ1) is 14.0. The summed E-state index contributed by atoms with van der Waals surface area (Å²) in [5.74, 6) is 0.977. The van der Waals surface area contributed by atoms with Gasteiger partial charge in [0.25, 0.3) is 0 Å². The van der Waals surface area contributed by atoms with E-state index in [1.165, 1.54) is 64.5 Å². The van der Waals surface area contributed by atoms with E-state index in [2.05, 4.69) is 26.1 Å². The highest BCUT2D eigenvalue weighted by molar-refractivity contribution is 4.86. The van der Waals surface area contributed by atoms with Gasteiger partial charge in [0.1, 0.15) is 0 Å². The third-order valence-electron chi connectivity index (χ3n) is 4.37. The normalized spacial score (nSPS) is 21.9.